The molecule has 4 N–H and O–H groups in total. The van der Waals surface area contributed by atoms with Gasteiger partial charge in [0.05, 0.1) is 37.0 Å². The van der Waals surface area contributed by atoms with Gasteiger partial charge in [-0.15, -0.1) is 0 Å². The summed E-state index contributed by atoms with van der Waals surface area (Å²) < 4.78 is 21.4. The van der Waals surface area contributed by atoms with Crippen LogP contribution in [0.2, 0.25) is 0 Å². The first-order valence-electron chi connectivity index (χ1n) is 32.6. The minimum Gasteiger partial charge on any atom is -0.481 e. The lowest BCUT2D eigenvalue weighted by atomic mass is 9.84. The Bertz CT molecular complexity index is 2120. The van der Waals surface area contributed by atoms with Crippen LogP contribution in [0.4, 0.5) is 0 Å². The number of carbonyl (C=O) groups excluding carboxylic acids is 5. The van der Waals surface area contributed by atoms with Gasteiger partial charge < -0.3 is 39.4 Å². The van der Waals surface area contributed by atoms with E-state index in [-0.39, 0.29) is 56.7 Å². The number of ether oxygens (including phenoxy) is 4. The van der Waals surface area contributed by atoms with Crippen molar-refractivity contribution in [3.63, 3.8) is 0 Å². The molecular formula is C69H108O17. The fourth-order valence-electron chi connectivity index (χ4n) is 10.4. The van der Waals surface area contributed by atoms with Gasteiger partial charge in [-0.2, -0.15) is 0 Å². The van der Waals surface area contributed by atoms with Crippen molar-refractivity contribution in [1.29, 1.82) is 0 Å². The summed E-state index contributed by atoms with van der Waals surface area (Å²) in [5.74, 6) is -9.82. The molecule has 486 valence electrons. The smallest absolute Gasteiger partial charge is 0.317 e. The van der Waals surface area contributed by atoms with Gasteiger partial charge in [0, 0.05) is 19.3 Å². The lowest BCUT2D eigenvalue weighted by Gasteiger charge is -2.20. The SMILES string of the molecule is CCCCCCCCC(/C=C/CCCCCCC(=O)OC(COC(=O)CCCCCCC/C=C\C=C\C(CCCCC)C(CC(=O)O)C(=O)O)COC(=O)CCCCCCC/C=C\C/C=C\C=C\C(CC)C1CC(=O)OC1=O)C(CC(=O)O)C(=O)O. The molecule has 1 aliphatic heterocycles. The Labute approximate surface area is 513 Å². The van der Waals surface area contributed by atoms with Crippen LogP contribution in [0.5, 0.6) is 0 Å². The van der Waals surface area contributed by atoms with Crippen LogP contribution in [0.25, 0.3) is 0 Å². The summed E-state index contributed by atoms with van der Waals surface area (Å²) in [6.07, 6.45) is 48.2. The third kappa shape index (κ3) is 41.8. The molecule has 0 saturated carbocycles. The molecule has 0 radical (unpaired) electrons. The normalized spacial score (nSPS) is 15.9. The summed E-state index contributed by atoms with van der Waals surface area (Å²) >= 11 is 0. The molecule has 0 aromatic carbocycles. The van der Waals surface area contributed by atoms with E-state index in [9.17, 15) is 63.6 Å². The molecule has 0 aromatic heterocycles. The Morgan fingerprint density at radius 1 is 0.488 bits per heavy atom. The van der Waals surface area contributed by atoms with Gasteiger partial charge in [-0.05, 0) is 101 Å². The predicted octanol–water partition coefficient (Wildman–Crippen LogP) is 15.5. The zero-order chi connectivity index (χ0) is 63.4. The largest absolute Gasteiger partial charge is 0.481 e. The molecule has 7 unspecified atom stereocenters. The molecule has 0 amide bonds. The molecule has 1 aliphatic rings. The average Bonchev–Trinajstić information content (AvgIpc) is 4.00. The number of carbonyl (C=O) groups is 9. The van der Waals surface area contributed by atoms with Crippen LogP contribution >= 0.6 is 0 Å². The molecule has 7 atom stereocenters. The van der Waals surface area contributed by atoms with Gasteiger partial charge >= 0.3 is 53.7 Å². The van der Waals surface area contributed by atoms with Crippen molar-refractivity contribution >= 4 is 53.7 Å². The molecule has 0 aliphatic carbocycles. The van der Waals surface area contributed by atoms with E-state index in [0.717, 1.165) is 154 Å². The number of cyclic esters (lactones) is 2. The highest BCUT2D eigenvalue weighted by molar-refractivity contribution is 5.95. The number of unbranched alkanes of at least 4 members (excludes halogenated alkanes) is 21. The van der Waals surface area contributed by atoms with Crippen LogP contribution in [0.1, 0.15) is 252 Å². The third-order valence-corrected chi connectivity index (χ3v) is 15.6. The Morgan fingerprint density at radius 3 is 1.44 bits per heavy atom. The van der Waals surface area contributed by atoms with Gasteiger partial charge in [0.15, 0.2) is 6.10 Å². The molecule has 0 bridgehead atoms. The van der Waals surface area contributed by atoms with E-state index in [1.165, 1.54) is 0 Å². The first-order valence-corrected chi connectivity index (χ1v) is 32.6. The Kier molecular flexibility index (Phi) is 47.1. The Morgan fingerprint density at radius 2 is 0.930 bits per heavy atom. The van der Waals surface area contributed by atoms with Crippen molar-refractivity contribution in [3.05, 3.63) is 72.9 Å². The van der Waals surface area contributed by atoms with E-state index in [2.05, 4.69) is 26.0 Å². The third-order valence-electron chi connectivity index (χ3n) is 15.6. The van der Waals surface area contributed by atoms with Gasteiger partial charge in [-0.3, -0.25) is 43.2 Å². The van der Waals surface area contributed by atoms with E-state index in [1.807, 2.05) is 67.7 Å². The van der Waals surface area contributed by atoms with Crippen molar-refractivity contribution in [1.82, 2.24) is 0 Å². The van der Waals surface area contributed by atoms with Gasteiger partial charge in [-0.1, -0.05) is 203 Å². The second-order valence-electron chi connectivity index (χ2n) is 22.9. The fourth-order valence-corrected chi connectivity index (χ4v) is 10.4. The molecule has 1 rings (SSSR count). The Balaban J connectivity index is 2.63. The van der Waals surface area contributed by atoms with Gasteiger partial charge in [0.1, 0.15) is 13.2 Å². The monoisotopic (exact) mass is 1210 g/mol. The topological polar surface area (TPSA) is 271 Å². The number of aliphatic carboxylic acids is 4. The molecule has 17 nitrogen and oxygen atoms in total. The maximum atomic E-state index is 13.0. The molecule has 0 aromatic rings. The molecule has 0 spiro atoms. The summed E-state index contributed by atoms with van der Waals surface area (Å²) in [4.78, 5) is 109. The first-order chi connectivity index (χ1) is 41.5. The number of rotatable bonds is 56. The van der Waals surface area contributed by atoms with E-state index >= 15 is 0 Å². The zero-order valence-corrected chi connectivity index (χ0v) is 52.4. The molecule has 1 heterocycles. The van der Waals surface area contributed by atoms with E-state index in [0.29, 0.717) is 38.5 Å². The van der Waals surface area contributed by atoms with Crippen molar-refractivity contribution in [2.24, 2.45) is 35.5 Å². The minimum absolute atomic E-state index is 0.0299. The second kappa shape index (κ2) is 52.0. The minimum atomic E-state index is -1.13. The fraction of sp³-hybridized carbons (Fsp3) is 0.696. The van der Waals surface area contributed by atoms with Gasteiger partial charge in [0.2, 0.25) is 0 Å². The van der Waals surface area contributed by atoms with Crippen molar-refractivity contribution < 1.29 is 82.5 Å². The summed E-state index contributed by atoms with van der Waals surface area (Å²) in [5, 5.41) is 38.1. The standard InChI is InChI=1S/C69H108O17/c1-4-7-9-10-26-35-44-56(59(68(80)81)50-62(72)73)45-37-29-24-25-32-40-48-65(76)85-57(52-83-63(74)46-38-30-22-18-14-12-11-13-16-20-27-34-41-54(6-3)60-51-66(77)86-69(60)82)53-84-64(75)47-39-31-23-19-15-17-21-28-36-43-55(42-33-8-5-2)58(67(78)79)49-61(70)71/h11,13,20-21,27-28,34,36-37,41,43,45,54-60H,4-10,12,14-19,22-26,29-33,35,38-40,42,44,46-53H2,1-3H3,(H,70,71)(H,72,73)(H,78,79)(H,80,81)/b13-11-,27-20-,28-21-,41-34+,43-36+,45-37+. The average molecular weight is 1210 g/mol. The number of esters is 5. The zero-order valence-electron chi connectivity index (χ0n) is 52.4. The number of hydrogen-bond acceptors (Lipinski definition) is 13. The van der Waals surface area contributed by atoms with Gasteiger partial charge in [-0.25, -0.2) is 0 Å². The van der Waals surface area contributed by atoms with Crippen LogP contribution in [-0.2, 0) is 62.1 Å². The molecule has 1 fully saturated rings. The van der Waals surface area contributed by atoms with Crippen LogP contribution in [0, 0.1) is 35.5 Å². The van der Waals surface area contributed by atoms with E-state index < -0.39 is 90.4 Å². The Hall–Kier alpha value is -6.13. The number of carboxylic acids is 4. The van der Waals surface area contributed by atoms with Crippen molar-refractivity contribution in [2.45, 2.75) is 258 Å². The molecular weight excluding hydrogens is 1100 g/mol. The van der Waals surface area contributed by atoms with E-state index in [4.69, 9.17) is 18.9 Å². The highest BCUT2D eigenvalue weighted by Gasteiger charge is 2.37. The quantitative estimate of drug-likeness (QED) is 0.0110. The van der Waals surface area contributed by atoms with Crippen LogP contribution in [0.3, 0.4) is 0 Å². The summed E-state index contributed by atoms with van der Waals surface area (Å²) in [7, 11) is 0. The summed E-state index contributed by atoms with van der Waals surface area (Å²) in [6, 6.07) is 0. The van der Waals surface area contributed by atoms with Crippen LogP contribution in [0.15, 0.2) is 72.9 Å². The number of allylic oxidation sites excluding steroid dienone is 12. The summed E-state index contributed by atoms with van der Waals surface area (Å²) in [6.45, 7) is 5.70. The van der Waals surface area contributed by atoms with Crippen LogP contribution in [-0.4, -0.2) is 93.5 Å². The van der Waals surface area contributed by atoms with Crippen molar-refractivity contribution in [3.8, 4) is 0 Å². The second-order valence-corrected chi connectivity index (χ2v) is 22.9. The van der Waals surface area contributed by atoms with Crippen molar-refractivity contribution in [2.75, 3.05) is 13.2 Å². The maximum Gasteiger partial charge on any atom is 0.317 e. The maximum absolute atomic E-state index is 13.0. The summed E-state index contributed by atoms with van der Waals surface area (Å²) in [5.41, 5.74) is 0. The number of carboxylic acid groups (broad SMARTS) is 4. The predicted molar refractivity (Wildman–Crippen MR) is 332 cm³/mol. The van der Waals surface area contributed by atoms with Crippen LogP contribution < -0.4 is 0 Å². The van der Waals surface area contributed by atoms with E-state index in [1.54, 1.807) is 0 Å². The highest BCUT2D eigenvalue weighted by Crippen LogP contribution is 2.29. The molecule has 86 heavy (non-hydrogen) atoms. The number of hydrogen-bond donors (Lipinski definition) is 4. The highest BCUT2D eigenvalue weighted by atomic mass is 16.6. The van der Waals surface area contributed by atoms with Gasteiger partial charge in [0.25, 0.3) is 0 Å². The lowest BCUT2D eigenvalue weighted by molar-refractivity contribution is -0.167. The molecule has 17 heteroatoms. The first kappa shape index (κ1) is 77.9. The molecule has 1 saturated heterocycles. The lowest BCUT2D eigenvalue weighted by Crippen LogP contribution is -2.30.